The number of nitrogens with one attached hydrogen (secondary N) is 1. The predicted molar refractivity (Wildman–Crippen MR) is 130 cm³/mol. The van der Waals surface area contributed by atoms with Crippen molar-refractivity contribution in [2.24, 2.45) is 0 Å². The minimum absolute atomic E-state index is 0.143. The molecule has 1 aliphatic rings. The molecule has 7 heteroatoms. The Morgan fingerprint density at radius 3 is 2.58 bits per heavy atom. The number of aromatic carboxylic acids is 1. The Labute approximate surface area is 197 Å². The van der Waals surface area contributed by atoms with Gasteiger partial charge in [-0.05, 0) is 60.2 Å². The molecule has 0 spiro atoms. The molecule has 0 bridgehead atoms. The summed E-state index contributed by atoms with van der Waals surface area (Å²) in [5.74, 6) is -0.952. The molecule has 0 radical (unpaired) electrons. The van der Waals surface area contributed by atoms with Crippen molar-refractivity contribution in [2.45, 2.75) is 18.6 Å². The highest BCUT2D eigenvalue weighted by molar-refractivity contribution is 7.80. The number of pyridine rings is 1. The number of nitrogens with zero attached hydrogens (tertiary/aromatic N) is 3. The maximum absolute atomic E-state index is 11.5. The molecule has 2 atom stereocenters. The molecule has 2 aromatic carbocycles. The second-order valence-electron chi connectivity index (χ2n) is 7.90. The Kier molecular flexibility index (Phi) is 5.62. The number of aromatic nitrogens is 2. The molecule has 5 rings (SSSR count). The van der Waals surface area contributed by atoms with Gasteiger partial charge >= 0.3 is 5.97 Å². The van der Waals surface area contributed by atoms with Crippen LogP contribution in [0.4, 0.5) is 0 Å². The lowest BCUT2D eigenvalue weighted by Crippen LogP contribution is -2.30. The summed E-state index contributed by atoms with van der Waals surface area (Å²) in [6.45, 7) is 0.640. The Bertz CT molecular complexity index is 1290. The molecule has 164 valence electrons. The molecule has 2 N–H and O–H groups in total. The van der Waals surface area contributed by atoms with Crippen molar-refractivity contribution >= 4 is 23.3 Å². The molecule has 4 aromatic rings. The third-order valence-electron chi connectivity index (χ3n) is 5.85. The van der Waals surface area contributed by atoms with Gasteiger partial charge in [0.2, 0.25) is 0 Å². The van der Waals surface area contributed by atoms with Gasteiger partial charge in [-0.15, -0.1) is 0 Å². The number of benzene rings is 2. The molecular formula is C26H22N4O2S. The van der Waals surface area contributed by atoms with Crippen LogP contribution in [0.15, 0.2) is 97.3 Å². The highest BCUT2D eigenvalue weighted by Gasteiger charge is 2.41. The van der Waals surface area contributed by atoms with Crippen molar-refractivity contribution in [3.63, 3.8) is 0 Å². The SMILES string of the molecule is O=C(O)c1cccc(-n2cccc2C2C(c3ccccn3)NC(=S)N2Cc2ccccc2)c1. The summed E-state index contributed by atoms with van der Waals surface area (Å²) in [6, 6.07) is 26.8. The lowest BCUT2D eigenvalue weighted by molar-refractivity contribution is 0.0697. The van der Waals surface area contributed by atoms with Gasteiger partial charge in [0.05, 0.1) is 23.3 Å². The van der Waals surface area contributed by atoms with E-state index in [0.717, 1.165) is 22.6 Å². The van der Waals surface area contributed by atoms with E-state index in [1.54, 1.807) is 24.4 Å². The molecule has 2 aromatic heterocycles. The lowest BCUT2D eigenvalue weighted by Gasteiger charge is -2.29. The lowest BCUT2D eigenvalue weighted by atomic mass is 10.0. The largest absolute Gasteiger partial charge is 0.478 e. The second-order valence-corrected chi connectivity index (χ2v) is 8.29. The molecule has 0 saturated carbocycles. The van der Waals surface area contributed by atoms with Gasteiger partial charge in [-0.1, -0.05) is 42.5 Å². The van der Waals surface area contributed by atoms with E-state index in [-0.39, 0.29) is 17.6 Å². The minimum atomic E-state index is -0.952. The van der Waals surface area contributed by atoms with Gasteiger partial charge in [-0.2, -0.15) is 0 Å². The molecule has 1 aliphatic heterocycles. The van der Waals surface area contributed by atoms with Crippen LogP contribution < -0.4 is 5.32 Å². The topological polar surface area (TPSA) is 70.4 Å². The summed E-state index contributed by atoms with van der Waals surface area (Å²) in [4.78, 5) is 18.3. The van der Waals surface area contributed by atoms with E-state index in [1.807, 2.05) is 59.3 Å². The van der Waals surface area contributed by atoms with Crippen molar-refractivity contribution in [2.75, 3.05) is 0 Å². The van der Waals surface area contributed by atoms with Crippen LogP contribution in [-0.4, -0.2) is 30.6 Å². The number of hydrogen-bond acceptors (Lipinski definition) is 3. The van der Waals surface area contributed by atoms with E-state index in [9.17, 15) is 9.90 Å². The van der Waals surface area contributed by atoms with Crippen LogP contribution >= 0.6 is 12.2 Å². The maximum atomic E-state index is 11.5. The van der Waals surface area contributed by atoms with Gasteiger partial charge in [0, 0.05) is 30.3 Å². The van der Waals surface area contributed by atoms with Gasteiger partial charge in [-0.3, -0.25) is 4.98 Å². The molecule has 0 aliphatic carbocycles. The van der Waals surface area contributed by atoms with Crippen molar-refractivity contribution < 1.29 is 9.90 Å². The minimum Gasteiger partial charge on any atom is -0.478 e. The van der Waals surface area contributed by atoms with Crippen molar-refractivity contribution in [1.82, 2.24) is 19.8 Å². The van der Waals surface area contributed by atoms with E-state index in [0.29, 0.717) is 11.7 Å². The predicted octanol–water partition coefficient (Wildman–Crippen LogP) is 4.74. The van der Waals surface area contributed by atoms with Crippen LogP contribution in [0.3, 0.4) is 0 Å². The fourth-order valence-corrected chi connectivity index (χ4v) is 4.64. The van der Waals surface area contributed by atoms with Crippen molar-refractivity contribution in [1.29, 1.82) is 0 Å². The van der Waals surface area contributed by atoms with Crippen molar-refractivity contribution in [3.8, 4) is 5.69 Å². The fourth-order valence-electron chi connectivity index (χ4n) is 4.34. The molecule has 0 amide bonds. The summed E-state index contributed by atoms with van der Waals surface area (Å²) < 4.78 is 2.03. The Hall–Kier alpha value is -3.97. The number of thiocarbonyl (C=S) groups is 1. The molecule has 33 heavy (non-hydrogen) atoms. The normalized spacial score (nSPS) is 17.7. The van der Waals surface area contributed by atoms with E-state index in [2.05, 4.69) is 33.4 Å². The third-order valence-corrected chi connectivity index (χ3v) is 6.20. The first-order chi connectivity index (χ1) is 16.1. The first-order valence-corrected chi connectivity index (χ1v) is 11.1. The number of carboxylic acids is 1. The fraction of sp³-hybridized carbons (Fsp3) is 0.115. The summed E-state index contributed by atoms with van der Waals surface area (Å²) in [7, 11) is 0. The highest BCUT2D eigenvalue weighted by atomic mass is 32.1. The van der Waals surface area contributed by atoms with Gasteiger partial charge < -0.3 is 19.9 Å². The van der Waals surface area contributed by atoms with Crippen LogP contribution in [0.2, 0.25) is 0 Å². The number of hydrogen-bond donors (Lipinski definition) is 2. The molecule has 1 saturated heterocycles. The molecule has 3 heterocycles. The van der Waals surface area contributed by atoms with E-state index < -0.39 is 5.97 Å². The highest BCUT2D eigenvalue weighted by Crippen LogP contribution is 2.40. The van der Waals surface area contributed by atoms with Crippen LogP contribution in [0.1, 0.15) is 39.4 Å². The van der Waals surface area contributed by atoms with E-state index >= 15 is 0 Å². The smallest absolute Gasteiger partial charge is 0.335 e. The number of rotatable bonds is 6. The number of carbonyl (C=O) groups is 1. The third kappa shape index (κ3) is 4.10. The Morgan fingerprint density at radius 2 is 1.82 bits per heavy atom. The van der Waals surface area contributed by atoms with Crippen LogP contribution in [0.25, 0.3) is 5.69 Å². The molecule has 2 unspecified atom stereocenters. The first kappa shape index (κ1) is 20.9. The van der Waals surface area contributed by atoms with Crippen LogP contribution in [-0.2, 0) is 6.54 Å². The Morgan fingerprint density at radius 1 is 1.00 bits per heavy atom. The number of carboxylic acid groups (broad SMARTS) is 1. The summed E-state index contributed by atoms with van der Waals surface area (Å²) in [6.07, 6.45) is 3.74. The average molecular weight is 455 g/mol. The Balaban J connectivity index is 1.61. The summed E-state index contributed by atoms with van der Waals surface area (Å²) in [5, 5.41) is 13.6. The van der Waals surface area contributed by atoms with E-state index in [1.165, 1.54) is 0 Å². The molecular weight excluding hydrogens is 432 g/mol. The second kappa shape index (κ2) is 8.88. The van der Waals surface area contributed by atoms with Gasteiger partial charge in [0.1, 0.15) is 0 Å². The van der Waals surface area contributed by atoms with Crippen molar-refractivity contribution in [3.05, 3.63) is 120 Å². The standard InChI is InChI=1S/C26H22N4O2S/c31-25(32)19-10-6-11-20(16-19)29-15-7-13-22(29)24-23(21-12-4-5-14-27-21)28-26(33)30(24)17-18-8-2-1-3-9-18/h1-16,23-24H,17H2,(H,28,33)(H,31,32). The van der Waals surface area contributed by atoms with Crippen LogP contribution in [0, 0.1) is 0 Å². The molecule has 6 nitrogen and oxygen atoms in total. The first-order valence-electron chi connectivity index (χ1n) is 10.6. The van der Waals surface area contributed by atoms with Gasteiger partial charge in [0.15, 0.2) is 5.11 Å². The quantitative estimate of drug-likeness (QED) is 0.410. The van der Waals surface area contributed by atoms with Gasteiger partial charge in [0.25, 0.3) is 0 Å². The maximum Gasteiger partial charge on any atom is 0.335 e. The summed E-state index contributed by atoms with van der Waals surface area (Å²) >= 11 is 5.78. The van der Waals surface area contributed by atoms with Gasteiger partial charge in [-0.25, -0.2) is 4.79 Å². The van der Waals surface area contributed by atoms with E-state index in [4.69, 9.17) is 12.2 Å². The molecule has 1 fully saturated rings. The monoisotopic (exact) mass is 454 g/mol. The average Bonchev–Trinajstić information content (AvgIpc) is 3.45. The zero-order valence-corrected chi connectivity index (χ0v) is 18.5. The zero-order valence-electron chi connectivity index (χ0n) is 17.7. The summed E-state index contributed by atoms with van der Waals surface area (Å²) in [5.41, 5.74) is 4.07. The zero-order chi connectivity index (χ0) is 22.8. The van der Waals surface area contributed by atoms with Crippen LogP contribution in [0.5, 0.6) is 0 Å².